The third-order valence-corrected chi connectivity index (χ3v) is 3.81. The average molecular weight is 315 g/mol. The molecule has 2 aromatic carbocycles. The number of methoxy groups -OCH3 is 1. The fourth-order valence-corrected chi connectivity index (χ4v) is 2.53. The number of nitrogen functional groups attached to an aromatic ring is 1. The van der Waals surface area contributed by atoms with Crippen LogP contribution in [0.1, 0.15) is 17.5 Å². The molecular weight excluding hydrogens is 290 g/mol. The Kier molecular flexibility index (Phi) is 6.26. The van der Waals surface area contributed by atoms with Crippen molar-refractivity contribution in [2.75, 3.05) is 31.0 Å². The molecule has 0 aliphatic heterocycles. The predicted octanol–water partition coefficient (Wildman–Crippen LogP) is 2.13. The lowest BCUT2D eigenvalue weighted by Gasteiger charge is -2.25. The standard InChI is InChI=1S/C18H25N3O2/c1-23-16-7-4-15(5-8-16)12-21(13-19)18-9-6-14(3-2-10-22)11-17(18)20/h4-9,11,22H,2-3,10,12-13,19-20H2,1H3. The number of nitrogens with two attached hydrogens (primary N) is 2. The van der Waals surface area contributed by atoms with Crippen molar-refractivity contribution in [3.8, 4) is 5.75 Å². The number of ether oxygens (including phenoxy) is 1. The summed E-state index contributed by atoms with van der Waals surface area (Å²) in [5.41, 5.74) is 16.0. The molecule has 0 heterocycles. The van der Waals surface area contributed by atoms with Gasteiger partial charge in [-0.1, -0.05) is 18.2 Å². The van der Waals surface area contributed by atoms with Gasteiger partial charge in [0.15, 0.2) is 0 Å². The maximum absolute atomic E-state index is 8.91. The van der Waals surface area contributed by atoms with Gasteiger partial charge in [0.1, 0.15) is 5.75 Å². The molecule has 5 nitrogen and oxygen atoms in total. The van der Waals surface area contributed by atoms with E-state index in [-0.39, 0.29) is 6.61 Å². The van der Waals surface area contributed by atoms with Crippen LogP contribution in [-0.2, 0) is 13.0 Å². The van der Waals surface area contributed by atoms with E-state index in [0.29, 0.717) is 18.9 Å². The van der Waals surface area contributed by atoms with Gasteiger partial charge >= 0.3 is 0 Å². The van der Waals surface area contributed by atoms with E-state index in [0.717, 1.165) is 35.4 Å². The largest absolute Gasteiger partial charge is 0.497 e. The molecule has 0 radical (unpaired) electrons. The Morgan fingerprint density at radius 1 is 1.09 bits per heavy atom. The Labute approximate surface area is 137 Å². The highest BCUT2D eigenvalue weighted by molar-refractivity contribution is 5.68. The molecule has 0 atom stereocenters. The number of nitrogens with zero attached hydrogens (tertiary/aromatic N) is 1. The molecule has 2 rings (SSSR count). The molecule has 0 amide bonds. The van der Waals surface area contributed by atoms with Gasteiger partial charge in [-0.05, 0) is 48.2 Å². The van der Waals surface area contributed by atoms with Crippen LogP contribution in [0.5, 0.6) is 5.75 Å². The van der Waals surface area contributed by atoms with Gasteiger partial charge in [-0.2, -0.15) is 0 Å². The second kappa shape index (κ2) is 8.41. The topological polar surface area (TPSA) is 84.7 Å². The smallest absolute Gasteiger partial charge is 0.118 e. The second-order valence-corrected chi connectivity index (χ2v) is 5.45. The van der Waals surface area contributed by atoms with Crippen molar-refractivity contribution in [2.24, 2.45) is 5.73 Å². The van der Waals surface area contributed by atoms with E-state index in [1.165, 1.54) is 0 Å². The molecule has 0 aromatic heterocycles. The number of benzene rings is 2. The number of anilines is 2. The van der Waals surface area contributed by atoms with E-state index in [1.807, 2.05) is 47.4 Å². The van der Waals surface area contributed by atoms with Crippen molar-refractivity contribution in [1.29, 1.82) is 0 Å². The quantitative estimate of drug-likeness (QED) is 0.513. The van der Waals surface area contributed by atoms with Crippen LogP contribution >= 0.6 is 0 Å². The zero-order valence-corrected chi connectivity index (χ0v) is 13.5. The molecule has 2 aromatic rings. The monoisotopic (exact) mass is 315 g/mol. The lowest BCUT2D eigenvalue weighted by Crippen LogP contribution is -2.30. The summed E-state index contributed by atoms with van der Waals surface area (Å²) in [6.45, 7) is 1.25. The molecule has 0 aliphatic rings. The van der Waals surface area contributed by atoms with E-state index in [1.54, 1.807) is 7.11 Å². The summed E-state index contributed by atoms with van der Waals surface area (Å²) in [5.74, 6) is 0.834. The number of aryl methyl sites for hydroxylation is 1. The van der Waals surface area contributed by atoms with Gasteiger partial charge in [-0.25, -0.2) is 0 Å². The molecule has 5 heteroatoms. The van der Waals surface area contributed by atoms with Crippen LogP contribution in [0.15, 0.2) is 42.5 Å². The molecule has 0 aliphatic carbocycles. The van der Waals surface area contributed by atoms with E-state index in [4.69, 9.17) is 21.3 Å². The van der Waals surface area contributed by atoms with E-state index in [9.17, 15) is 0 Å². The molecule has 0 bridgehead atoms. The Morgan fingerprint density at radius 2 is 1.78 bits per heavy atom. The third kappa shape index (κ3) is 4.61. The second-order valence-electron chi connectivity index (χ2n) is 5.45. The maximum atomic E-state index is 8.91. The lowest BCUT2D eigenvalue weighted by molar-refractivity contribution is 0.288. The Morgan fingerprint density at radius 3 is 2.35 bits per heavy atom. The molecule has 0 spiro atoms. The number of aliphatic hydroxyl groups excluding tert-OH is 1. The van der Waals surface area contributed by atoms with Gasteiger partial charge in [0.05, 0.1) is 25.2 Å². The summed E-state index contributed by atoms with van der Waals surface area (Å²) >= 11 is 0. The van der Waals surface area contributed by atoms with Crippen LogP contribution < -0.4 is 21.1 Å². The molecule has 0 saturated carbocycles. The van der Waals surface area contributed by atoms with Crippen molar-refractivity contribution in [3.05, 3.63) is 53.6 Å². The first-order chi connectivity index (χ1) is 11.2. The highest BCUT2D eigenvalue weighted by Crippen LogP contribution is 2.26. The van der Waals surface area contributed by atoms with Crippen LogP contribution in [0, 0.1) is 0 Å². The van der Waals surface area contributed by atoms with Crippen LogP contribution in [0.4, 0.5) is 11.4 Å². The maximum Gasteiger partial charge on any atom is 0.118 e. The summed E-state index contributed by atoms with van der Waals surface area (Å²) in [4.78, 5) is 2.03. The van der Waals surface area contributed by atoms with Crippen molar-refractivity contribution >= 4 is 11.4 Å². The van der Waals surface area contributed by atoms with Crippen LogP contribution in [-0.4, -0.2) is 25.5 Å². The zero-order chi connectivity index (χ0) is 16.7. The van der Waals surface area contributed by atoms with Crippen molar-refractivity contribution < 1.29 is 9.84 Å². The SMILES string of the molecule is COc1ccc(CN(CN)c2ccc(CCCO)cc2N)cc1. The van der Waals surface area contributed by atoms with Gasteiger partial charge in [0.25, 0.3) is 0 Å². The van der Waals surface area contributed by atoms with Gasteiger partial charge in [-0.15, -0.1) is 0 Å². The van der Waals surface area contributed by atoms with Crippen molar-refractivity contribution in [3.63, 3.8) is 0 Å². The van der Waals surface area contributed by atoms with Crippen molar-refractivity contribution in [1.82, 2.24) is 0 Å². The van der Waals surface area contributed by atoms with E-state index >= 15 is 0 Å². The zero-order valence-electron chi connectivity index (χ0n) is 13.5. The number of hydrogen-bond donors (Lipinski definition) is 3. The van der Waals surface area contributed by atoms with Crippen LogP contribution in [0.3, 0.4) is 0 Å². The van der Waals surface area contributed by atoms with E-state index in [2.05, 4.69) is 0 Å². The Hall–Kier alpha value is -2.24. The Bertz CT molecular complexity index is 614. The summed E-state index contributed by atoms with van der Waals surface area (Å²) < 4.78 is 5.17. The van der Waals surface area contributed by atoms with Gasteiger partial charge in [0, 0.05) is 13.2 Å². The van der Waals surface area contributed by atoms with Crippen LogP contribution in [0.2, 0.25) is 0 Å². The van der Waals surface area contributed by atoms with Crippen molar-refractivity contribution in [2.45, 2.75) is 19.4 Å². The first-order valence-electron chi connectivity index (χ1n) is 7.75. The molecule has 0 unspecified atom stereocenters. The van der Waals surface area contributed by atoms with Gasteiger partial charge in [0.2, 0.25) is 0 Å². The summed E-state index contributed by atoms with van der Waals surface area (Å²) in [6.07, 6.45) is 1.56. The average Bonchev–Trinajstić information content (AvgIpc) is 2.59. The first-order valence-corrected chi connectivity index (χ1v) is 7.75. The molecule has 124 valence electrons. The summed E-state index contributed by atoms with van der Waals surface area (Å²) in [5, 5.41) is 8.91. The highest BCUT2D eigenvalue weighted by atomic mass is 16.5. The third-order valence-electron chi connectivity index (χ3n) is 3.81. The summed E-state index contributed by atoms with van der Waals surface area (Å²) in [7, 11) is 1.65. The lowest BCUT2D eigenvalue weighted by atomic mass is 10.1. The number of rotatable bonds is 8. The molecule has 23 heavy (non-hydrogen) atoms. The number of aliphatic hydroxyl groups is 1. The normalized spacial score (nSPS) is 10.6. The predicted molar refractivity (Wildman–Crippen MR) is 94.5 cm³/mol. The molecule has 5 N–H and O–H groups in total. The van der Waals surface area contributed by atoms with Gasteiger partial charge in [-0.3, -0.25) is 0 Å². The summed E-state index contributed by atoms with van der Waals surface area (Å²) in [6, 6.07) is 13.9. The van der Waals surface area contributed by atoms with Crippen LogP contribution in [0.25, 0.3) is 0 Å². The van der Waals surface area contributed by atoms with E-state index < -0.39 is 0 Å². The highest BCUT2D eigenvalue weighted by Gasteiger charge is 2.10. The number of hydrogen-bond acceptors (Lipinski definition) is 5. The minimum absolute atomic E-state index is 0.189. The fourth-order valence-electron chi connectivity index (χ4n) is 2.53. The van der Waals surface area contributed by atoms with Gasteiger partial charge < -0.3 is 26.2 Å². The molecule has 0 fully saturated rings. The molecule has 0 saturated heterocycles. The minimum Gasteiger partial charge on any atom is -0.497 e. The fraction of sp³-hybridized carbons (Fsp3) is 0.333. The molecular formula is C18H25N3O2. The first kappa shape index (κ1) is 17.1. The minimum atomic E-state index is 0.189. The Balaban J connectivity index is 2.12.